The maximum atomic E-state index is 13.3. The lowest BCUT2D eigenvalue weighted by molar-refractivity contribution is -0.143. The zero-order valence-corrected chi connectivity index (χ0v) is 22.4. The van der Waals surface area contributed by atoms with Gasteiger partial charge in [-0.1, -0.05) is 91.7 Å². The second kappa shape index (κ2) is 12.3. The fraction of sp³-hybridized carbons (Fsp3) is 0.344. The first kappa shape index (κ1) is 27.4. The molecule has 0 unspecified atom stereocenters. The minimum atomic E-state index is -1.15. The van der Waals surface area contributed by atoms with Gasteiger partial charge in [0.15, 0.2) is 0 Å². The highest BCUT2D eigenvalue weighted by atomic mass is 16.5. The molecular formula is C32H34N2O6. The molecule has 2 amide bonds. The van der Waals surface area contributed by atoms with Crippen molar-refractivity contribution in [1.29, 1.82) is 0 Å². The molecule has 0 aromatic heterocycles. The lowest BCUT2D eigenvalue weighted by atomic mass is 9.98. The van der Waals surface area contributed by atoms with Crippen molar-refractivity contribution >= 4 is 18.0 Å². The monoisotopic (exact) mass is 542 g/mol. The van der Waals surface area contributed by atoms with Gasteiger partial charge in [0.2, 0.25) is 5.91 Å². The van der Waals surface area contributed by atoms with Crippen molar-refractivity contribution < 1.29 is 29.0 Å². The number of ether oxygens (including phenoxy) is 2. The van der Waals surface area contributed by atoms with Crippen LogP contribution in [0.25, 0.3) is 11.1 Å². The first-order chi connectivity index (χ1) is 19.4. The van der Waals surface area contributed by atoms with Crippen LogP contribution < -0.4 is 10.6 Å². The lowest BCUT2D eigenvalue weighted by Gasteiger charge is -2.26. The number of amides is 2. The summed E-state index contributed by atoms with van der Waals surface area (Å²) in [5.41, 5.74) is 5.29. The third-order valence-electron chi connectivity index (χ3n) is 7.61. The van der Waals surface area contributed by atoms with E-state index in [2.05, 4.69) is 22.8 Å². The van der Waals surface area contributed by atoms with Gasteiger partial charge in [-0.25, -0.2) is 9.59 Å². The number of hydrogen-bond acceptors (Lipinski definition) is 5. The van der Waals surface area contributed by atoms with Gasteiger partial charge in [-0.3, -0.25) is 4.79 Å². The van der Waals surface area contributed by atoms with Gasteiger partial charge < -0.3 is 25.2 Å². The summed E-state index contributed by atoms with van der Waals surface area (Å²) >= 11 is 0. The quantitative estimate of drug-likeness (QED) is 0.301. The van der Waals surface area contributed by atoms with Gasteiger partial charge in [0.25, 0.3) is 0 Å². The van der Waals surface area contributed by atoms with Crippen LogP contribution in [0.5, 0.6) is 0 Å². The Balaban J connectivity index is 1.26. The third-order valence-corrected chi connectivity index (χ3v) is 7.61. The van der Waals surface area contributed by atoms with Gasteiger partial charge in [-0.15, -0.1) is 0 Å². The van der Waals surface area contributed by atoms with Crippen molar-refractivity contribution in [3.8, 4) is 11.1 Å². The minimum absolute atomic E-state index is 0.0902. The Morgan fingerprint density at radius 1 is 0.875 bits per heavy atom. The summed E-state index contributed by atoms with van der Waals surface area (Å²) in [5.74, 6) is -1.56. The van der Waals surface area contributed by atoms with Gasteiger partial charge in [0.05, 0.1) is 12.7 Å². The molecule has 208 valence electrons. The average Bonchev–Trinajstić information content (AvgIpc) is 3.73. The van der Waals surface area contributed by atoms with Crippen LogP contribution in [-0.2, 0) is 25.7 Å². The summed E-state index contributed by atoms with van der Waals surface area (Å²) < 4.78 is 11.6. The lowest BCUT2D eigenvalue weighted by Crippen LogP contribution is -2.56. The zero-order valence-electron chi connectivity index (χ0n) is 22.4. The number of nitrogens with one attached hydrogen (secondary N) is 2. The van der Waals surface area contributed by atoms with Gasteiger partial charge in [0.1, 0.15) is 18.7 Å². The number of aliphatic carboxylic acids is 1. The molecule has 0 heterocycles. The number of benzene rings is 3. The summed E-state index contributed by atoms with van der Waals surface area (Å²) in [6.07, 6.45) is 0.746. The van der Waals surface area contributed by atoms with Crippen molar-refractivity contribution in [3.05, 3.63) is 95.6 Å². The molecule has 0 spiro atoms. The number of alkyl carbamates (subject to hydrolysis) is 1. The second-order valence-electron chi connectivity index (χ2n) is 10.5. The number of carbonyl (C=O) groups excluding carboxylic acids is 2. The van der Waals surface area contributed by atoms with E-state index in [0.29, 0.717) is 12.3 Å². The Morgan fingerprint density at radius 3 is 2.08 bits per heavy atom. The SMILES string of the molecule is C[C@H](OCc1ccccc1)[C@@H](NC(=O)OCC1c2ccccc2-c2ccccc21)C(=O)N[C@@H](CC1CC1)C(=O)O. The van der Waals surface area contributed by atoms with E-state index in [1.807, 2.05) is 66.7 Å². The Hall–Kier alpha value is -4.17. The zero-order chi connectivity index (χ0) is 28.1. The van der Waals surface area contributed by atoms with E-state index >= 15 is 0 Å². The van der Waals surface area contributed by atoms with Crippen molar-refractivity contribution in [2.24, 2.45) is 5.92 Å². The molecule has 1 fully saturated rings. The number of rotatable bonds is 12. The fourth-order valence-electron chi connectivity index (χ4n) is 5.23. The van der Waals surface area contributed by atoms with Crippen LogP contribution in [0.1, 0.15) is 48.8 Å². The summed E-state index contributed by atoms with van der Waals surface area (Å²) in [4.78, 5) is 38.2. The molecule has 0 saturated heterocycles. The number of carboxylic acid groups (broad SMARTS) is 1. The van der Waals surface area contributed by atoms with Crippen LogP contribution in [0.3, 0.4) is 0 Å². The molecule has 5 rings (SSSR count). The van der Waals surface area contributed by atoms with Crippen LogP contribution in [0.4, 0.5) is 4.79 Å². The predicted molar refractivity (Wildman–Crippen MR) is 150 cm³/mol. The number of hydrogen-bond donors (Lipinski definition) is 3. The Kier molecular flexibility index (Phi) is 8.45. The van der Waals surface area contributed by atoms with Crippen LogP contribution in [0.2, 0.25) is 0 Å². The van der Waals surface area contributed by atoms with Crippen molar-refractivity contribution in [3.63, 3.8) is 0 Å². The number of carboxylic acids is 1. The smallest absolute Gasteiger partial charge is 0.407 e. The molecule has 3 aromatic rings. The normalized spacial score (nSPS) is 16.2. The molecule has 0 bridgehead atoms. The molecule has 1 saturated carbocycles. The third kappa shape index (κ3) is 6.51. The Morgan fingerprint density at radius 2 is 1.48 bits per heavy atom. The molecule has 40 heavy (non-hydrogen) atoms. The summed E-state index contributed by atoms with van der Waals surface area (Å²) in [7, 11) is 0. The maximum absolute atomic E-state index is 13.3. The molecular weight excluding hydrogens is 508 g/mol. The Labute approximate surface area is 233 Å². The number of carbonyl (C=O) groups is 3. The van der Waals surface area contributed by atoms with Gasteiger partial charge >= 0.3 is 12.1 Å². The van der Waals surface area contributed by atoms with E-state index in [0.717, 1.165) is 40.7 Å². The van der Waals surface area contributed by atoms with Crippen molar-refractivity contribution in [1.82, 2.24) is 10.6 Å². The molecule has 8 nitrogen and oxygen atoms in total. The largest absolute Gasteiger partial charge is 0.480 e. The van der Waals surface area contributed by atoms with Crippen LogP contribution >= 0.6 is 0 Å². The first-order valence-corrected chi connectivity index (χ1v) is 13.7. The molecule has 3 aromatic carbocycles. The average molecular weight is 543 g/mol. The number of fused-ring (bicyclic) bond motifs is 3. The maximum Gasteiger partial charge on any atom is 0.407 e. The highest BCUT2D eigenvalue weighted by Crippen LogP contribution is 2.44. The van der Waals surface area contributed by atoms with E-state index in [1.165, 1.54) is 0 Å². The fourth-order valence-corrected chi connectivity index (χ4v) is 5.23. The van der Waals surface area contributed by atoms with E-state index in [-0.39, 0.29) is 19.1 Å². The predicted octanol–water partition coefficient (Wildman–Crippen LogP) is 4.87. The molecule has 0 radical (unpaired) electrons. The first-order valence-electron chi connectivity index (χ1n) is 13.7. The van der Waals surface area contributed by atoms with E-state index in [1.54, 1.807) is 6.92 Å². The van der Waals surface area contributed by atoms with Crippen molar-refractivity contribution in [2.75, 3.05) is 6.61 Å². The summed E-state index contributed by atoms with van der Waals surface area (Å²) in [6, 6.07) is 23.4. The highest BCUT2D eigenvalue weighted by molar-refractivity contribution is 5.89. The molecule has 2 aliphatic rings. The van der Waals surface area contributed by atoms with Crippen LogP contribution in [0, 0.1) is 5.92 Å². The minimum Gasteiger partial charge on any atom is -0.480 e. The molecule has 3 atom stereocenters. The van der Waals surface area contributed by atoms with Gasteiger partial charge in [0, 0.05) is 5.92 Å². The van der Waals surface area contributed by atoms with E-state index < -0.39 is 36.2 Å². The molecule has 2 aliphatic carbocycles. The summed E-state index contributed by atoms with van der Waals surface area (Å²) in [5, 5.41) is 14.9. The van der Waals surface area contributed by atoms with Crippen LogP contribution in [0.15, 0.2) is 78.9 Å². The standard InChI is InChI=1S/C32H34N2O6/c1-20(39-18-22-9-3-2-4-10-22)29(30(35)33-28(31(36)37)17-21-15-16-21)34-32(38)40-19-27-25-13-7-5-11-23(25)24-12-6-8-14-26(24)27/h2-14,20-21,27-29H,15-19H2,1H3,(H,33,35)(H,34,38)(H,36,37)/t20-,28-,29+/m0/s1. The van der Waals surface area contributed by atoms with Crippen molar-refractivity contribution in [2.45, 2.75) is 56.9 Å². The highest BCUT2D eigenvalue weighted by Gasteiger charge is 2.35. The Bertz CT molecular complexity index is 1310. The topological polar surface area (TPSA) is 114 Å². The molecule has 3 N–H and O–H groups in total. The summed E-state index contributed by atoms with van der Waals surface area (Å²) in [6.45, 7) is 1.99. The van der Waals surface area contributed by atoms with Crippen LogP contribution in [-0.4, -0.2) is 47.9 Å². The van der Waals surface area contributed by atoms with E-state index in [9.17, 15) is 19.5 Å². The second-order valence-corrected chi connectivity index (χ2v) is 10.5. The van der Waals surface area contributed by atoms with Gasteiger partial charge in [-0.05, 0) is 47.1 Å². The van der Waals surface area contributed by atoms with Gasteiger partial charge in [-0.2, -0.15) is 0 Å². The molecule has 8 heteroatoms. The van der Waals surface area contributed by atoms with E-state index in [4.69, 9.17) is 9.47 Å². The molecule has 0 aliphatic heterocycles.